The monoisotopic (exact) mass is 487 g/mol. The van der Waals surface area contributed by atoms with Gasteiger partial charge in [-0.05, 0) is 30.3 Å². The topological polar surface area (TPSA) is 100 Å². The van der Waals surface area contributed by atoms with E-state index in [1.165, 1.54) is 0 Å². The molecule has 0 unspecified atom stereocenters. The molecule has 0 aliphatic heterocycles. The molecular weight excluding hydrogens is 466 g/mol. The number of anilines is 2. The highest BCUT2D eigenvalue weighted by Gasteiger charge is 2.18. The Balaban J connectivity index is 1.51. The molecule has 0 atom stereocenters. The van der Waals surface area contributed by atoms with Gasteiger partial charge >= 0.3 is 0 Å². The summed E-state index contributed by atoms with van der Waals surface area (Å²) in [4.78, 5) is 19.7. The molecule has 0 fully saturated rings. The van der Waals surface area contributed by atoms with Crippen molar-refractivity contribution in [3.05, 3.63) is 89.3 Å². The smallest absolute Gasteiger partial charge is 0.276 e. The Morgan fingerprint density at radius 1 is 1.17 bits per heavy atom. The predicted molar refractivity (Wildman–Crippen MR) is 135 cm³/mol. The van der Waals surface area contributed by atoms with Gasteiger partial charge in [-0.3, -0.25) is 9.89 Å². The molecule has 5 rings (SSSR count). The van der Waals surface area contributed by atoms with Crippen molar-refractivity contribution >= 4 is 34.7 Å². The molecule has 0 radical (unpaired) electrons. The Labute approximate surface area is 206 Å². The molecule has 0 aliphatic rings. The van der Waals surface area contributed by atoms with Gasteiger partial charge in [0.1, 0.15) is 11.6 Å². The number of nitrogens with one attached hydrogen (secondary N) is 2. The van der Waals surface area contributed by atoms with Crippen molar-refractivity contribution in [2.75, 3.05) is 24.4 Å². The van der Waals surface area contributed by atoms with E-state index in [4.69, 9.17) is 21.3 Å². The zero-order valence-electron chi connectivity index (χ0n) is 19.1. The standard InChI is InChI=1S/C25H22ClN7O2/c1-32(15-16-5-3-4-6-22(16)35-2)23-12-21(17-13-27-28-14-17)33-24(30-23)11-20(31-33)25(34)29-19-9-7-18(26)8-10-19/h3-14H,15H2,1-2H3,(H,27,28)(H,29,34). The van der Waals surface area contributed by atoms with Gasteiger partial charge in [0.15, 0.2) is 11.3 Å². The molecule has 9 nitrogen and oxygen atoms in total. The second-order valence-corrected chi connectivity index (χ2v) is 8.35. The molecule has 0 saturated heterocycles. The molecule has 0 aliphatic carbocycles. The predicted octanol–water partition coefficient (Wildman–Crippen LogP) is 4.67. The average Bonchev–Trinajstić information content (AvgIpc) is 3.55. The molecule has 3 heterocycles. The minimum Gasteiger partial charge on any atom is -0.496 e. The van der Waals surface area contributed by atoms with E-state index in [-0.39, 0.29) is 11.6 Å². The zero-order valence-corrected chi connectivity index (χ0v) is 19.8. The lowest BCUT2D eigenvalue weighted by atomic mass is 10.2. The van der Waals surface area contributed by atoms with Gasteiger partial charge in [0, 0.05) is 53.8 Å². The van der Waals surface area contributed by atoms with Gasteiger partial charge in [-0.2, -0.15) is 10.2 Å². The number of hydrogen-bond acceptors (Lipinski definition) is 6. The van der Waals surface area contributed by atoms with Crippen LogP contribution in [0, 0.1) is 0 Å². The van der Waals surface area contributed by atoms with Crippen LogP contribution in [0.15, 0.2) is 73.1 Å². The van der Waals surface area contributed by atoms with Crippen LogP contribution in [0.5, 0.6) is 5.75 Å². The highest BCUT2D eigenvalue weighted by molar-refractivity contribution is 6.30. The number of benzene rings is 2. The quantitative estimate of drug-likeness (QED) is 0.346. The maximum Gasteiger partial charge on any atom is 0.276 e. The second-order valence-electron chi connectivity index (χ2n) is 7.92. The maximum atomic E-state index is 12.9. The van der Waals surface area contributed by atoms with E-state index >= 15 is 0 Å². The molecule has 10 heteroatoms. The number of para-hydroxylation sites is 1. The van der Waals surface area contributed by atoms with E-state index in [1.54, 1.807) is 54.4 Å². The van der Waals surface area contributed by atoms with Crippen LogP contribution in [0.3, 0.4) is 0 Å². The summed E-state index contributed by atoms with van der Waals surface area (Å²) in [5, 5.41) is 14.9. The number of methoxy groups -OCH3 is 1. The number of H-pyrrole nitrogens is 1. The van der Waals surface area contributed by atoms with E-state index in [0.29, 0.717) is 28.7 Å². The van der Waals surface area contributed by atoms with Crippen LogP contribution in [0.1, 0.15) is 16.1 Å². The maximum absolute atomic E-state index is 12.9. The van der Waals surface area contributed by atoms with E-state index in [1.807, 2.05) is 42.3 Å². The molecule has 0 spiro atoms. The van der Waals surface area contributed by atoms with Gasteiger partial charge < -0.3 is 15.0 Å². The summed E-state index contributed by atoms with van der Waals surface area (Å²) in [5.41, 5.74) is 3.99. The van der Waals surface area contributed by atoms with Crippen molar-refractivity contribution < 1.29 is 9.53 Å². The molecule has 0 bridgehead atoms. The summed E-state index contributed by atoms with van der Waals surface area (Å²) in [7, 11) is 3.61. The first-order valence-corrected chi connectivity index (χ1v) is 11.2. The average molecular weight is 488 g/mol. The van der Waals surface area contributed by atoms with Crippen molar-refractivity contribution in [3.8, 4) is 17.0 Å². The van der Waals surface area contributed by atoms with Crippen molar-refractivity contribution in [1.29, 1.82) is 0 Å². The van der Waals surface area contributed by atoms with Crippen molar-refractivity contribution in [2.24, 2.45) is 0 Å². The number of halogens is 1. The second kappa shape index (κ2) is 9.47. The third kappa shape index (κ3) is 4.67. The fourth-order valence-electron chi connectivity index (χ4n) is 3.76. The van der Waals surface area contributed by atoms with Gasteiger partial charge in [-0.1, -0.05) is 29.8 Å². The first-order chi connectivity index (χ1) is 17.0. The highest BCUT2D eigenvalue weighted by Crippen LogP contribution is 2.27. The molecule has 35 heavy (non-hydrogen) atoms. The lowest BCUT2D eigenvalue weighted by Gasteiger charge is -2.20. The molecule has 2 N–H and O–H groups in total. The number of hydrogen-bond donors (Lipinski definition) is 2. The molecular formula is C25H22ClN7O2. The van der Waals surface area contributed by atoms with E-state index in [0.717, 1.165) is 22.6 Å². The molecule has 2 aromatic carbocycles. The Morgan fingerprint density at radius 2 is 1.97 bits per heavy atom. The number of aromatic amines is 1. The van der Waals surface area contributed by atoms with Crippen LogP contribution >= 0.6 is 11.6 Å². The largest absolute Gasteiger partial charge is 0.496 e. The Bertz CT molecular complexity index is 1480. The minimum atomic E-state index is -0.347. The zero-order chi connectivity index (χ0) is 24.4. The summed E-state index contributed by atoms with van der Waals surface area (Å²) < 4.78 is 7.14. The fraction of sp³-hybridized carbons (Fsp3) is 0.120. The normalized spacial score (nSPS) is 10.9. The lowest BCUT2D eigenvalue weighted by molar-refractivity contribution is 0.102. The van der Waals surface area contributed by atoms with Crippen molar-refractivity contribution in [2.45, 2.75) is 6.54 Å². The molecule has 5 aromatic rings. The number of aromatic nitrogens is 5. The third-order valence-electron chi connectivity index (χ3n) is 5.53. The van der Waals surface area contributed by atoms with Gasteiger partial charge in [-0.25, -0.2) is 9.50 Å². The fourth-order valence-corrected chi connectivity index (χ4v) is 3.89. The summed E-state index contributed by atoms with van der Waals surface area (Å²) in [6.07, 6.45) is 3.47. The molecule has 0 saturated carbocycles. The van der Waals surface area contributed by atoms with Gasteiger partial charge in [0.05, 0.1) is 19.0 Å². The summed E-state index contributed by atoms with van der Waals surface area (Å²) in [6, 6.07) is 18.3. The number of rotatable bonds is 7. The van der Waals surface area contributed by atoms with Gasteiger partial charge in [0.2, 0.25) is 0 Å². The van der Waals surface area contributed by atoms with Crippen molar-refractivity contribution in [1.82, 2.24) is 24.8 Å². The summed E-state index contributed by atoms with van der Waals surface area (Å²) in [6.45, 7) is 0.579. The number of carbonyl (C=O) groups excluding carboxylic acids is 1. The van der Waals surface area contributed by atoms with E-state index in [9.17, 15) is 4.79 Å². The van der Waals surface area contributed by atoms with E-state index < -0.39 is 0 Å². The van der Waals surface area contributed by atoms with Crippen LogP contribution in [0.2, 0.25) is 5.02 Å². The highest BCUT2D eigenvalue weighted by atomic mass is 35.5. The van der Waals surface area contributed by atoms with E-state index in [2.05, 4.69) is 20.6 Å². The van der Waals surface area contributed by atoms with Crippen LogP contribution in [-0.4, -0.2) is 44.9 Å². The summed E-state index contributed by atoms with van der Waals surface area (Å²) >= 11 is 5.94. The number of fused-ring (bicyclic) bond motifs is 1. The molecule has 1 amide bonds. The first kappa shape index (κ1) is 22.4. The number of amides is 1. The Hall–Kier alpha value is -4.37. The van der Waals surface area contributed by atoms with Gasteiger partial charge in [-0.15, -0.1) is 0 Å². The van der Waals surface area contributed by atoms with Crippen LogP contribution in [0.25, 0.3) is 16.9 Å². The third-order valence-corrected chi connectivity index (χ3v) is 5.79. The molecule has 176 valence electrons. The first-order valence-electron chi connectivity index (χ1n) is 10.8. The number of ether oxygens (including phenoxy) is 1. The van der Waals surface area contributed by atoms with Gasteiger partial charge in [0.25, 0.3) is 5.91 Å². The van der Waals surface area contributed by atoms with Crippen molar-refractivity contribution in [3.63, 3.8) is 0 Å². The van der Waals surface area contributed by atoms with Crippen LogP contribution < -0.4 is 15.0 Å². The Kier molecular flexibility index (Phi) is 6.07. The summed E-state index contributed by atoms with van der Waals surface area (Å²) in [5.74, 6) is 1.17. The number of nitrogens with zero attached hydrogens (tertiary/aromatic N) is 5. The SMILES string of the molecule is COc1ccccc1CN(C)c1cc(-c2cn[nH]c2)n2nc(C(=O)Nc3ccc(Cl)cc3)cc2n1. The lowest BCUT2D eigenvalue weighted by Crippen LogP contribution is -2.19. The minimum absolute atomic E-state index is 0.238. The number of carbonyl (C=O) groups is 1. The van der Waals surface area contributed by atoms with Crippen LogP contribution in [-0.2, 0) is 6.54 Å². The Morgan fingerprint density at radius 3 is 2.71 bits per heavy atom. The van der Waals surface area contributed by atoms with Crippen LogP contribution in [0.4, 0.5) is 11.5 Å². The molecule has 3 aromatic heterocycles.